The molecule has 104 valence electrons. The molecule has 0 radical (unpaired) electrons. The molecule has 1 aromatic carbocycles. The summed E-state index contributed by atoms with van der Waals surface area (Å²) in [5.41, 5.74) is 2.95. The van der Waals surface area contributed by atoms with Crippen molar-refractivity contribution in [3.63, 3.8) is 0 Å². The van der Waals surface area contributed by atoms with E-state index in [1.54, 1.807) is 7.11 Å². The van der Waals surface area contributed by atoms with Gasteiger partial charge in [-0.1, -0.05) is 6.07 Å². The monoisotopic (exact) mass is 260 g/mol. The smallest absolute Gasteiger partial charge is 0.119 e. The van der Waals surface area contributed by atoms with Crippen molar-refractivity contribution in [1.82, 2.24) is 10.2 Å². The molecule has 0 saturated carbocycles. The highest BCUT2D eigenvalue weighted by Gasteiger charge is 2.26. The summed E-state index contributed by atoms with van der Waals surface area (Å²) in [6.45, 7) is 2.39. The Morgan fingerprint density at radius 1 is 1.32 bits per heavy atom. The molecule has 0 spiro atoms. The fourth-order valence-electron chi connectivity index (χ4n) is 3.43. The predicted molar refractivity (Wildman–Crippen MR) is 77.7 cm³/mol. The third kappa shape index (κ3) is 2.77. The summed E-state index contributed by atoms with van der Waals surface area (Å²) >= 11 is 0. The van der Waals surface area contributed by atoms with Crippen LogP contribution in [0.3, 0.4) is 0 Å². The Kier molecular flexibility index (Phi) is 3.76. The van der Waals surface area contributed by atoms with Crippen LogP contribution in [-0.4, -0.2) is 38.2 Å². The lowest BCUT2D eigenvalue weighted by Crippen LogP contribution is -2.36. The second-order valence-electron chi connectivity index (χ2n) is 5.92. The summed E-state index contributed by atoms with van der Waals surface area (Å²) in [6.07, 6.45) is 5.02. The number of hydrogen-bond donors (Lipinski definition) is 1. The first-order valence-electron chi connectivity index (χ1n) is 7.37. The largest absolute Gasteiger partial charge is 0.497 e. The molecule has 1 fully saturated rings. The average Bonchev–Trinajstić information content (AvgIpc) is 2.84. The van der Waals surface area contributed by atoms with Crippen molar-refractivity contribution in [2.24, 2.45) is 0 Å². The number of methoxy groups -OCH3 is 1. The van der Waals surface area contributed by atoms with Crippen LogP contribution in [0.4, 0.5) is 0 Å². The molecular weight excluding hydrogens is 236 g/mol. The van der Waals surface area contributed by atoms with E-state index in [1.165, 1.54) is 49.9 Å². The summed E-state index contributed by atoms with van der Waals surface area (Å²) in [4.78, 5) is 2.41. The molecule has 1 aromatic rings. The van der Waals surface area contributed by atoms with Gasteiger partial charge in [-0.25, -0.2) is 0 Å². The normalized spacial score (nSPS) is 27.3. The zero-order valence-corrected chi connectivity index (χ0v) is 12.0. The van der Waals surface area contributed by atoms with Crippen LogP contribution in [0.25, 0.3) is 0 Å². The van der Waals surface area contributed by atoms with E-state index in [0.29, 0.717) is 12.1 Å². The molecule has 3 heteroatoms. The third-order valence-electron chi connectivity index (χ3n) is 4.50. The van der Waals surface area contributed by atoms with Gasteiger partial charge in [-0.15, -0.1) is 0 Å². The van der Waals surface area contributed by atoms with E-state index in [2.05, 4.69) is 35.5 Å². The highest BCUT2D eigenvalue weighted by atomic mass is 16.5. The van der Waals surface area contributed by atoms with Crippen molar-refractivity contribution in [2.45, 2.75) is 37.8 Å². The molecule has 2 aliphatic rings. The number of nitrogens with one attached hydrogen (secondary N) is 1. The maximum atomic E-state index is 5.38. The molecule has 1 heterocycles. The molecule has 1 aliphatic carbocycles. The molecular formula is C16H24N2O. The van der Waals surface area contributed by atoms with E-state index in [1.807, 2.05) is 0 Å². The second-order valence-corrected chi connectivity index (χ2v) is 5.92. The van der Waals surface area contributed by atoms with E-state index in [4.69, 9.17) is 4.74 Å². The fourth-order valence-corrected chi connectivity index (χ4v) is 3.43. The van der Waals surface area contributed by atoms with Gasteiger partial charge in [-0.3, -0.25) is 0 Å². The summed E-state index contributed by atoms with van der Waals surface area (Å²) in [7, 11) is 3.96. The van der Waals surface area contributed by atoms with Crippen molar-refractivity contribution >= 4 is 0 Å². The van der Waals surface area contributed by atoms with E-state index in [-0.39, 0.29) is 0 Å². The molecule has 1 N–H and O–H groups in total. The van der Waals surface area contributed by atoms with Crippen molar-refractivity contribution in [3.05, 3.63) is 29.3 Å². The molecule has 1 aliphatic heterocycles. The minimum Gasteiger partial charge on any atom is -0.497 e. The van der Waals surface area contributed by atoms with Gasteiger partial charge in [-0.2, -0.15) is 0 Å². The maximum Gasteiger partial charge on any atom is 0.119 e. The number of ether oxygens (including phenoxy) is 1. The Balaban J connectivity index is 1.77. The summed E-state index contributed by atoms with van der Waals surface area (Å²) in [6, 6.07) is 7.71. The van der Waals surface area contributed by atoms with Crippen LogP contribution >= 0.6 is 0 Å². The van der Waals surface area contributed by atoms with Crippen molar-refractivity contribution in [1.29, 1.82) is 0 Å². The fraction of sp³-hybridized carbons (Fsp3) is 0.625. The lowest BCUT2D eigenvalue weighted by molar-refractivity contribution is 0.364. The van der Waals surface area contributed by atoms with Crippen LogP contribution in [0.15, 0.2) is 18.2 Å². The van der Waals surface area contributed by atoms with E-state index in [9.17, 15) is 0 Å². The second kappa shape index (κ2) is 5.51. The number of benzene rings is 1. The van der Waals surface area contributed by atoms with Gasteiger partial charge in [0.05, 0.1) is 7.11 Å². The van der Waals surface area contributed by atoms with Gasteiger partial charge < -0.3 is 15.0 Å². The van der Waals surface area contributed by atoms with Crippen molar-refractivity contribution < 1.29 is 4.74 Å². The first-order chi connectivity index (χ1) is 9.26. The highest BCUT2D eigenvalue weighted by molar-refractivity contribution is 5.39. The van der Waals surface area contributed by atoms with Crippen LogP contribution < -0.4 is 10.1 Å². The summed E-state index contributed by atoms with van der Waals surface area (Å²) in [5.74, 6) is 0.982. The zero-order chi connectivity index (χ0) is 13.2. The highest BCUT2D eigenvalue weighted by Crippen LogP contribution is 2.33. The van der Waals surface area contributed by atoms with Crippen molar-refractivity contribution in [2.75, 3.05) is 27.2 Å². The number of nitrogens with zero attached hydrogens (tertiary/aromatic N) is 1. The first-order valence-corrected chi connectivity index (χ1v) is 7.37. The Morgan fingerprint density at radius 3 is 2.95 bits per heavy atom. The average molecular weight is 260 g/mol. The van der Waals surface area contributed by atoms with Gasteiger partial charge >= 0.3 is 0 Å². The van der Waals surface area contributed by atoms with Crippen LogP contribution in [0.2, 0.25) is 0 Å². The Morgan fingerprint density at radius 2 is 2.21 bits per heavy atom. The predicted octanol–water partition coefficient (Wildman–Crippen LogP) is 2.37. The van der Waals surface area contributed by atoms with Gasteiger partial charge in [0.25, 0.3) is 0 Å². The SMILES string of the molecule is COc1ccc2c(c1)C(NC1CCN(C)C1)CCC2. The molecule has 3 nitrogen and oxygen atoms in total. The Bertz CT molecular complexity index is 446. The van der Waals surface area contributed by atoms with Crippen molar-refractivity contribution in [3.8, 4) is 5.75 Å². The van der Waals surface area contributed by atoms with E-state index in [0.717, 1.165) is 5.75 Å². The molecule has 2 unspecified atom stereocenters. The van der Waals surface area contributed by atoms with Crippen LogP contribution in [0, 0.1) is 0 Å². The maximum absolute atomic E-state index is 5.38. The number of likely N-dealkylation sites (tertiary alicyclic amines) is 1. The lowest BCUT2D eigenvalue weighted by Gasteiger charge is -2.29. The topological polar surface area (TPSA) is 24.5 Å². The van der Waals surface area contributed by atoms with Crippen LogP contribution in [-0.2, 0) is 6.42 Å². The van der Waals surface area contributed by atoms with Gasteiger partial charge in [0.1, 0.15) is 5.75 Å². The summed E-state index contributed by atoms with van der Waals surface area (Å²) in [5, 5.41) is 3.86. The van der Waals surface area contributed by atoms with Crippen LogP contribution in [0.5, 0.6) is 5.75 Å². The Hall–Kier alpha value is -1.06. The number of hydrogen-bond acceptors (Lipinski definition) is 3. The molecule has 0 amide bonds. The minimum absolute atomic E-state index is 0.510. The van der Waals surface area contributed by atoms with E-state index >= 15 is 0 Å². The Labute approximate surface area is 115 Å². The first kappa shape index (κ1) is 12.9. The van der Waals surface area contributed by atoms with Gasteiger partial charge in [-0.05, 0) is 62.5 Å². The number of fused-ring (bicyclic) bond motifs is 1. The lowest BCUT2D eigenvalue weighted by atomic mass is 9.87. The zero-order valence-electron chi connectivity index (χ0n) is 12.0. The molecule has 3 rings (SSSR count). The molecule has 0 aromatic heterocycles. The number of aryl methyl sites for hydroxylation is 1. The standard InChI is InChI=1S/C16H24N2O/c1-18-9-8-13(11-18)17-16-5-3-4-12-6-7-14(19-2)10-15(12)16/h6-7,10,13,16-17H,3-5,8-9,11H2,1-2H3. The number of likely N-dealkylation sites (N-methyl/N-ethyl adjacent to an activating group) is 1. The molecule has 19 heavy (non-hydrogen) atoms. The minimum atomic E-state index is 0.510. The summed E-state index contributed by atoms with van der Waals surface area (Å²) < 4.78 is 5.38. The van der Waals surface area contributed by atoms with E-state index < -0.39 is 0 Å². The number of rotatable bonds is 3. The molecule has 2 atom stereocenters. The quantitative estimate of drug-likeness (QED) is 0.903. The van der Waals surface area contributed by atoms with Gasteiger partial charge in [0.2, 0.25) is 0 Å². The third-order valence-corrected chi connectivity index (χ3v) is 4.50. The molecule has 1 saturated heterocycles. The van der Waals surface area contributed by atoms with Crippen LogP contribution in [0.1, 0.15) is 36.4 Å². The van der Waals surface area contributed by atoms with Gasteiger partial charge in [0, 0.05) is 18.6 Å². The molecule has 0 bridgehead atoms. The van der Waals surface area contributed by atoms with Gasteiger partial charge in [0.15, 0.2) is 0 Å².